The van der Waals surface area contributed by atoms with E-state index >= 15 is 0 Å². The van der Waals surface area contributed by atoms with E-state index in [2.05, 4.69) is 13.2 Å². The van der Waals surface area contributed by atoms with Crippen molar-refractivity contribution in [2.45, 2.75) is 0 Å². The van der Waals surface area contributed by atoms with E-state index in [0.717, 1.165) is 0 Å². The number of nitrogens with zero attached hydrogens (tertiary/aromatic N) is 1. The van der Waals surface area contributed by atoms with E-state index in [1.807, 2.05) is 6.07 Å². The number of hydrogen-bond donors (Lipinski definition) is 1. The van der Waals surface area contributed by atoms with Crippen molar-refractivity contribution >= 4 is 5.97 Å². The molecule has 0 unspecified atom stereocenters. The van der Waals surface area contributed by atoms with Crippen LogP contribution >= 0.6 is 0 Å². The SMILES string of the molecule is C=C(C#N)/C=C\C(=C)OC(=O)c1ccc(O)cc1. The van der Waals surface area contributed by atoms with Crippen LogP contribution in [0.3, 0.4) is 0 Å². The molecular weight excluding hydrogens is 230 g/mol. The highest BCUT2D eigenvalue weighted by atomic mass is 16.5. The summed E-state index contributed by atoms with van der Waals surface area (Å²) in [5, 5.41) is 17.5. The molecule has 18 heavy (non-hydrogen) atoms. The normalized spacial score (nSPS) is 9.72. The minimum absolute atomic E-state index is 0.0654. The average molecular weight is 241 g/mol. The Kier molecular flexibility index (Phi) is 4.47. The average Bonchev–Trinajstić information content (AvgIpc) is 2.36. The third-order valence-corrected chi connectivity index (χ3v) is 1.94. The van der Waals surface area contributed by atoms with Crippen LogP contribution in [0.2, 0.25) is 0 Å². The second-order valence-electron chi connectivity index (χ2n) is 3.37. The lowest BCUT2D eigenvalue weighted by molar-refractivity contribution is 0.0638. The number of hydrogen-bond acceptors (Lipinski definition) is 4. The number of benzene rings is 1. The summed E-state index contributed by atoms with van der Waals surface area (Å²) in [6.45, 7) is 6.95. The molecule has 1 N–H and O–H groups in total. The van der Waals surface area contributed by atoms with Crippen molar-refractivity contribution < 1.29 is 14.6 Å². The van der Waals surface area contributed by atoms with Crippen molar-refractivity contribution in [1.82, 2.24) is 0 Å². The molecule has 0 atom stereocenters. The van der Waals surface area contributed by atoms with Crippen LogP contribution in [-0.2, 0) is 4.74 Å². The highest BCUT2D eigenvalue weighted by molar-refractivity contribution is 5.90. The topological polar surface area (TPSA) is 70.3 Å². The predicted octanol–water partition coefficient (Wildman–Crippen LogP) is 2.70. The van der Waals surface area contributed by atoms with Crippen molar-refractivity contribution in [3.63, 3.8) is 0 Å². The van der Waals surface area contributed by atoms with Crippen LogP contribution in [0.25, 0.3) is 0 Å². The monoisotopic (exact) mass is 241 g/mol. The Hall–Kier alpha value is -2.80. The van der Waals surface area contributed by atoms with Gasteiger partial charge in [-0.05, 0) is 36.4 Å². The summed E-state index contributed by atoms with van der Waals surface area (Å²) in [5.74, 6) is -0.424. The van der Waals surface area contributed by atoms with Crippen LogP contribution in [0.4, 0.5) is 0 Å². The first kappa shape index (κ1) is 13.3. The van der Waals surface area contributed by atoms with Crippen molar-refractivity contribution in [2.75, 3.05) is 0 Å². The van der Waals surface area contributed by atoms with E-state index in [9.17, 15) is 4.79 Å². The van der Waals surface area contributed by atoms with E-state index in [1.54, 1.807) is 0 Å². The summed E-state index contributed by atoms with van der Waals surface area (Å²) in [4.78, 5) is 11.6. The number of carbonyl (C=O) groups excluding carboxylic acids is 1. The fraction of sp³-hybridized carbons (Fsp3) is 0. The molecule has 0 bridgehead atoms. The van der Waals surface area contributed by atoms with Gasteiger partial charge in [-0.1, -0.05) is 13.2 Å². The van der Waals surface area contributed by atoms with Crippen molar-refractivity contribution in [3.05, 3.63) is 66.5 Å². The molecule has 0 saturated heterocycles. The first-order valence-electron chi connectivity index (χ1n) is 5.00. The molecule has 1 aromatic rings. The van der Waals surface area contributed by atoms with Gasteiger partial charge in [0, 0.05) is 5.57 Å². The van der Waals surface area contributed by atoms with E-state index < -0.39 is 5.97 Å². The zero-order valence-corrected chi connectivity index (χ0v) is 9.59. The van der Waals surface area contributed by atoms with Crippen molar-refractivity contribution in [1.29, 1.82) is 5.26 Å². The number of allylic oxidation sites excluding steroid dienone is 3. The van der Waals surface area contributed by atoms with Crippen LogP contribution in [0.5, 0.6) is 5.75 Å². The van der Waals surface area contributed by atoms with Gasteiger partial charge in [0.2, 0.25) is 0 Å². The number of rotatable bonds is 4. The molecule has 0 saturated carbocycles. The Labute approximate surface area is 105 Å². The van der Waals surface area contributed by atoms with Gasteiger partial charge in [-0.25, -0.2) is 4.79 Å². The van der Waals surface area contributed by atoms with Gasteiger partial charge in [-0.3, -0.25) is 0 Å². The lowest BCUT2D eigenvalue weighted by atomic mass is 10.2. The molecule has 90 valence electrons. The fourth-order valence-corrected chi connectivity index (χ4v) is 1.04. The second-order valence-corrected chi connectivity index (χ2v) is 3.37. The molecule has 0 aromatic heterocycles. The highest BCUT2D eigenvalue weighted by Gasteiger charge is 2.07. The van der Waals surface area contributed by atoms with E-state index in [0.29, 0.717) is 5.56 Å². The zero-order chi connectivity index (χ0) is 13.5. The standard InChI is InChI=1S/C14H11NO3/c1-10(9-15)3-4-11(2)18-14(17)12-5-7-13(16)8-6-12/h3-8,16H,1-2H2/b4-3-. The smallest absolute Gasteiger partial charge is 0.343 e. The number of nitriles is 1. The predicted molar refractivity (Wildman–Crippen MR) is 66.6 cm³/mol. The van der Waals surface area contributed by atoms with E-state index in [-0.39, 0.29) is 17.1 Å². The summed E-state index contributed by atoms with van der Waals surface area (Å²) in [6.07, 6.45) is 2.77. The van der Waals surface area contributed by atoms with Gasteiger partial charge < -0.3 is 9.84 Å². The third-order valence-electron chi connectivity index (χ3n) is 1.94. The minimum Gasteiger partial charge on any atom is -0.508 e. The number of ether oxygens (including phenoxy) is 1. The van der Waals surface area contributed by atoms with Gasteiger partial charge in [0.15, 0.2) is 0 Å². The molecule has 0 aliphatic carbocycles. The maximum Gasteiger partial charge on any atom is 0.343 e. The molecule has 4 heteroatoms. The Balaban J connectivity index is 2.63. The molecule has 0 aliphatic rings. The van der Waals surface area contributed by atoms with Crippen LogP contribution in [0.1, 0.15) is 10.4 Å². The molecule has 0 amide bonds. The first-order valence-corrected chi connectivity index (χ1v) is 5.00. The van der Waals surface area contributed by atoms with Gasteiger partial charge in [0.1, 0.15) is 11.5 Å². The molecular formula is C14H11NO3. The summed E-state index contributed by atoms with van der Waals surface area (Å²) in [7, 11) is 0. The number of phenols is 1. The zero-order valence-electron chi connectivity index (χ0n) is 9.59. The molecule has 4 nitrogen and oxygen atoms in total. The third kappa shape index (κ3) is 3.99. The molecule has 0 fully saturated rings. The molecule has 0 radical (unpaired) electrons. The largest absolute Gasteiger partial charge is 0.508 e. The molecule has 0 aliphatic heterocycles. The van der Waals surface area contributed by atoms with E-state index in [1.165, 1.54) is 36.4 Å². The number of carbonyl (C=O) groups is 1. The summed E-state index contributed by atoms with van der Waals surface area (Å²) in [6, 6.07) is 7.45. The lowest BCUT2D eigenvalue weighted by Gasteiger charge is -2.03. The summed E-state index contributed by atoms with van der Waals surface area (Å²) >= 11 is 0. The van der Waals surface area contributed by atoms with Gasteiger partial charge in [0.25, 0.3) is 0 Å². The maximum absolute atomic E-state index is 11.6. The Morgan fingerprint density at radius 1 is 1.28 bits per heavy atom. The quantitative estimate of drug-likeness (QED) is 0.381. The number of phenolic OH excluding ortho intramolecular Hbond substituents is 1. The summed E-state index contributed by atoms with van der Waals surface area (Å²) in [5.41, 5.74) is 0.526. The highest BCUT2D eigenvalue weighted by Crippen LogP contribution is 2.12. The van der Waals surface area contributed by atoms with Crippen LogP contribution in [-0.4, -0.2) is 11.1 Å². The molecule has 0 heterocycles. The first-order chi connectivity index (χ1) is 8.52. The van der Waals surface area contributed by atoms with E-state index in [4.69, 9.17) is 15.1 Å². The molecule has 0 spiro atoms. The fourth-order valence-electron chi connectivity index (χ4n) is 1.04. The Morgan fingerprint density at radius 3 is 2.44 bits per heavy atom. The van der Waals surface area contributed by atoms with Crippen LogP contribution in [0, 0.1) is 11.3 Å². The number of esters is 1. The molecule has 1 aromatic carbocycles. The number of aromatic hydroxyl groups is 1. The van der Waals surface area contributed by atoms with Gasteiger partial charge in [-0.15, -0.1) is 0 Å². The van der Waals surface area contributed by atoms with Gasteiger partial charge in [0.05, 0.1) is 11.6 Å². The van der Waals surface area contributed by atoms with Crippen LogP contribution in [0.15, 0.2) is 60.9 Å². The summed E-state index contributed by atoms with van der Waals surface area (Å²) < 4.78 is 4.92. The second kappa shape index (κ2) is 6.06. The Bertz CT molecular complexity index is 547. The van der Waals surface area contributed by atoms with Crippen LogP contribution < -0.4 is 0 Å². The van der Waals surface area contributed by atoms with Crippen molar-refractivity contribution in [3.8, 4) is 11.8 Å². The van der Waals surface area contributed by atoms with Crippen molar-refractivity contribution in [2.24, 2.45) is 0 Å². The lowest BCUT2D eigenvalue weighted by Crippen LogP contribution is -2.03. The molecule has 1 rings (SSSR count). The minimum atomic E-state index is -0.591. The van der Waals surface area contributed by atoms with Gasteiger partial charge in [-0.2, -0.15) is 5.26 Å². The Morgan fingerprint density at radius 2 is 1.89 bits per heavy atom. The van der Waals surface area contributed by atoms with Gasteiger partial charge >= 0.3 is 5.97 Å². The maximum atomic E-state index is 11.6.